The van der Waals surface area contributed by atoms with Crippen molar-refractivity contribution in [3.05, 3.63) is 30.0 Å². The zero-order chi connectivity index (χ0) is 13.0. The summed E-state index contributed by atoms with van der Waals surface area (Å²) in [5, 5.41) is 20.8. The van der Waals surface area contributed by atoms with Crippen molar-refractivity contribution in [2.45, 2.75) is 32.9 Å². The predicted octanol–water partition coefficient (Wildman–Crippen LogP) is 2.06. The Morgan fingerprint density at radius 3 is 2.94 bits per heavy atom. The lowest BCUT2D eigenvalue weighted by atomic mass is 10.0. The number of aliphatic hydroxyl groups excluding tert-OH is 1. The lowest BCUT2D eigenvalue weighted by Gasteiger charge is -2.21. The Balaban J connectivity index is 2.07. The molecular weight excluding hydrogens is 226 g/mol. The second-order valence-electron chi connectivity index (χ2n) is 5.00. The molecule has 2 rings (SSSR count). The van der Waals surface area contributed by atoms with Crippen LogP contribution in [0.2, 0.25) is 0 Å². The summed E-state index contributed by atoms with van der Waals surface area (Å²) in [5.41, 5.74) is 2.31. The van der Waals surface area contributed by atoms with Crippen molar-refractivity contribution in [2.75, 3.05) is 6.61 Å². The minimum absolute atomic E-state index is 0.226. The molecule has 0 radical (unpaired) electrons. The van der Waals surface area contributed by atoms with E-state index in [1.54, 1.807) is 0 Å². The summed E-state index contributed by atoms with van der Waals surface area (Å²) in [7, 11) is 0. The number of rotatable bonds is 6. The van der Waals surface area contributed by atoms with Gasteiger partial charge in [0.1, 0.15) is 0 Å². The average Bonchev–Trinajstić information content (AvgIpc) is 2.82. The van der Waals surface area contributed by atoms with Crippen LogP contribution in [0.5, 0.6) is 0 Å². The zero-order valence-electron chi connectivity index (χ0n) is 11.0. The molecule has 2 aromatic rings. The molecule has 0 fully saturated rings. The maximum absolute atomic E-state index is 9.07. The van der Waals surface area contributed by atoms with E-state index in [1.807, 2.05) is 12.3 Å². The van der Waals surface area contributed by atoms with E-state index in [4.69, 9.17) is 5.11 Å². The highest BCUT2D eigenvalue weighted by atomic mass is 16.3. The first-order chi connectivity index (χ1) is 8.72. The highest BCUT2D eigenvalue weighted by Crippen LogP contribution is 2.16. The van der Waals surface area contributed by atoms with Crippen LogP contribution < -0.4 is 5.32 Å². The summed E-state index contributed by atoms with van der Waals surface area (Å²) < 4.78 is 0. The molecule has 1 unspecified atom stereocenters. The van der Waals surface area contributed by atoms with Crippen molar-refractivity contribution in [3.8, 4) is 0 Å². The molecule has 0 aliphatic carbocycles. The maximum atomic E-state index is 9.07. The third-order valence-electron chi connectivity index (χ3n) is 3.36. The Morgan fingerprint density at radius 2 is 2.22 bits per heavy atom. The van der Waals surface area contributed by atoms with Crippen molar-refractivity contribution in [1.29, 1.82) is 0 Å². The monoisotopic (exact) mass is 247 g/mol. The minimum Gasteiger partial charge on any atom is -0.396 e. The molecule has 98 valence electrons. The summed E-state index contributed by atoms with van der Waals surface area (Å²) in [5.74, 6) is 0.512. The van der Waals surface area contributed by atoms with Gasteiger partial charge in [-0.3, -0.25) is 5.10 Å². The number of H-pyrrole nitrogens is 1. The fourth-order valence-electron chi connectivity index (χ4n) is 2.23. The van der Waals surface area contributed by atoms with Gasteiger partial charge in [0.25, 0.3) is 0 Å². The summed E-state index contributed by atoms with van der Waals surface area (Å²) in [6.45, 7) is 5.36. The minimum atomic E-state index is 0.226. The van der Waals surface area contributed by atoms with Gasteiger partial charge in [0.05, 0.1) is 11.7 Å². The van der Waals surface area contributed by atoms with E-state index in [-0.39, 0.29) is 6.61 Å². The Morgan fingerprint density at radius 1 is 1.39 bits per heavy atom. The van der Waals surface area contributed by atoms with E-state index < -0.39 is 0 Å². The molecule has 0 saturated heterocycles. The number of hydrogen-bond donors (Lipinski definition) is 3. The number of nitrogens with zero attached hydrogens (tertiary/aromatic N) is 1. The molecule has 18 heavy (non-hydrogen) atoms. The first-order valence-electron chi connectivity index (χ1n) is 6.47. The Hall–Kier alpha value is -1.39. The van der Waals surface area contributed by atoms with Crippen molar-refractivity contribution in [2.24, 2.45) is 5.92 Å². The quantitative estimate of drug-likeness (QED) is 0.732. The van der Waals surface area contributed by atoms with Gasteiger partial charge in [-0.25, -0.2) is 0 Å². The van der Waals surface area contributed by atoms with Crippen LogP contribution in [-0.2, 0) is 6.54 Å². The third kappa shape index (κ3) is 2.89. The number of para-hydroxylation sites is 1. The second-order valence-corrected chi connectivity index (χ2v) is 5.00. The van der Waals surface area contributed by atoms with Crippen LogP contribution in [0, 0.1) is 5.92 Å². The molecule has 0 spiro atoms. The third-order valence-corrected chi connectivity index (χ3v) is 3.36. The number of nitrogens with one attached hydrogen (secondary N) is 2. The molecule has 0 saturated carbocycles. The van der Waals surface area contributed by atoms with Gasteiger partial charge in [-0.05, 0) is 17.9 Å². The first kappa shape index (κ1) is 13.1. The van der Waals surface area contributed by atoms with Crippen LogP contribution in [0.25, 0.3) is 10.9 Å². The highest BCUT2D eigenvalue weighted by molar-refractivity contribution is 5.81. The Labute approximate surface area is 107 Å². The number of aromatic amines is 1. The van der Waals surface area contributed by atoms with Crippen LogP contribution in [0.4, 0.5) is 0 Å². The molecule has 1 atom stereocenters. The van der Waals surface area contributed by atoms with E-state index in [1.165, 1.54) is 5.56 Å². The largest absolute Gasteiger partial charge is 0.396 e. The SMILES string of the molecule is CC(C)C(CCO)NCc1cccc2cn[nH]c12. The van der Waals surface area contributed by atoms with E-state index in [0.717, 1.165) is 23.9 Å². The van der Waals surface area contributed by atoms with Gasteiger partial charge >= 0.3 is 0 Å². The fourth-order valence-corrected chi connectivity index (χ4v) is 2.23. The smallest absolute Gasteiger partial charge is 0.0695 e. The summed E-state index contributed by atoms with van der Waals surface area (Å²) >= 11 is 0. The summed E-state index contributed by atoms with van der Waals surface area (Å²) in [6.07, 6.45) is 2.63. The fraction of sp³-hybridized carbons (Fsp3) is 0.500. The second kappa shape index (κ2) is 5.98. The van der Waals surface area contributed by atoms with Gasteiger partial charge in [0, 0.05) is 24.6 Å². The molecule has 0 aliphatic rings. The van der Waals surface area contributed by atoms with Crippen LogP contribution in [0.15, 0.2) is 24.4 Å². The van der Waals surface area contributed by atoms with Gasteiger partial charge in [-0.1, -0.05) is 32.0 Å². The van der Waals surface area contributed by atoms with Crippen molar-refractivity contribution >= 4 is 10.9 Å². The van der Waals surface area contributed by atoms with Gasteiger partial charge < -0.3 is 10.4 Å². The van der Waals surface area contributed by atoms with Crippen LogP contribution in [0.1, 0.15) is 25.8 Å². The predicted molar refractivity (Wildman–Crippen MR) is 73.3 cm³/mol. The topological polar surface area (TPSA) is 60.9 Å². The Bertz CT molecular complexity index is 492. The van der Waals surface area contributed by atoms with Crippen molar-refractivity contribution in [3.63, 3.8) is 0 Å². The molecule has 0 aliphatic heterocycles. The van der Waals surface area contributed by atoms with Gasteiger partial charge in [-0.15, -0.1) is 0 Å². The maximum Gasteiger partial charge on any atom is 0.0695 e. The lowest BCUT2D eigenvalue weighted by molar-refractivity contribution is 0.244. The van der Waals surface area contributed by atoms with E-state index in [2.05, 4.69) is 41.5 Å². The van der Waals surface area contributed by atoms with Crippen molar-refractivity contribution in [1.82, 2.24) is 15.5 Å². The average molecular weight is 247 g/mol. The molecule has 4 nitrogen and oxygen atoms in total. The molecule has 3 N–H and O–H groups in total. The standard InChI is InChI=1S/C14H21N3O/c1-10(2)13(6-7-18)15-8-11-4-3-5-12-9-16-17-14(11)12/h3-5,9-10,13,15,18H,6-8H2,1-2H3,(H,16,17). The number of aliphatic hydroxyl groups is 1. The lowest BCUT2D eigenvalue weighted by Crippen LogP contribution is -2.34. The van der Waals surface area contributed by atoms with Gasteiger partial charge in [0.2, 0.25) is 0 Å². The number of benzene rings is 1. The molecular formula is C14H21N3O. The Kier molecular flexibility index (Phi) is 4.33. The summed E-state index contributed by atoms with van der Waals surface area (Å²) in [6, 6.07) is 6.54. The number of fused-ring (bicyclic) bond motifs is 1. The van der Waals surface area contributed by atoms with Gasteiger partial charge in [0.15, 0.2) is 0 Å². The molecule has 0 bridgehead atoms. The van der Waals surface area contributed by atoms with E-state index in [0.29, 0.717) is 12.0 Å². The molecule has 1 aromatic heterocycles. The molecule has 0 amide bonds. The van der Waals surface area contributed by atoms with Crippen molar-refractivity contribution < 1.29 is 5.11 Å². The number of hydrogen-bond acceptors (Lipinski definition) is 3. The van der Waals surface area contributed by atoms with Gasteiger partial charge in [-0.2, -0.15) is 5.10 Å². The number of aromatic nitrogens is 2. The zero-order valence-corrected chi connectivity index (χ0v) is 11.0. The van der Waals surface area contributed by atoms with Crippen LogP contribution in [-0.4, -0.2) is 28.0 Å². The molecule has 1 heterocycles. The van der Waals surface area contributed by atoms with E-state index in [9.17, 15) is 0 Å². The van der Waals surface area contributed by atoms with Crippen LogP contribution in [0.3, 0.4) is 0 Å². The molecule has 4 heteroatoms. The summed E-state index contributed by atoms with van der Waals surface area (Å²) in [4.78, 5) is 0. The normalized spacial score (nSPS) is 13.3. The van der Waals surface area contributed by atoms with Crippen LogP contribution >= 0.6 is 0 Å². The highest BCUT2D eigenvalue weighted by Gasteiger charge is 2.12. The first-order valence-corrected chi connectivity index (χ1v) is 6.47. The molecule has 1 aromatic carbocycles. The van der Waals surface area contributed by atoms with E-state index >= 15 is 0 Å².